The standard InChI is InChI=1S/C24H23FN6OS/c1-14-20(11-29-31(14)18-3-5-19(32)6-4-18)16-9-23(24-21(27)12-28-30(24)13-16)33-22-7-2-17(25)8-15(22)10-26/h2,7-9,11-13,18-19,32H,3-6,27H2,1H3. The van der Waals surface area contributed by atoms with Crippen molar-refractivity contribution in [2.24, 2.45) is 0 Å². The van der Waals surface area contributed by atoms with Crippen molar-refractivity contribution in [2.45, 2.75) is 54.5 Å². The van der Waals surface area contributed by atoms with Gasteiger partial charge in [0.2, 0.25) is 0 Å². The number of anilines is 1. The van der Waals surface area contributed by atoms with Gasteiger partial charge in [-0.15, -0.1) is 0 Å². The molecule has 9 heteroatoms. The number of hydrogen-bond acceptors (Lipinski definition) is 6. The SMILES string of the molecule is Cc1c(-c2cc(Sc3ccc(F)cc3C#N)c3c(N)cnn3c2)cnn1C1CCC(O)CC1. The lowest BCUT2D eigenvalue weighted by Gasteiger charge is -2.26. The fourth-order valence-corrected chi connectivity index (χ4v) is 5.59. The van der Waals surface area contributed by atoms with Gasteiger partial charge in [-0.05, 0) is 56.9 Å². The van der Waals surface area contributed by atoms with E-state index in [4.69, 9.17) is 5.73 Å². The summed E-state index contributed by atoms with van der Waals surface area (Å²) in [6.45, 7) is 2.05. The van der Waals surface area contributed by atoms with Gasteiger partial charge in [-0.3, -0.25) is 4.68 Å². The van der Waals surface area contributed by atoms with Crippen LogP contribution in [0, 0.1) is 24.1 Å². The zero-order chi connectivity index (χ0) is 23.1. The number of hydrogen-bond donors (Lipinski definition) is 2. The highest BCUT2D eigenvalue weighted by atomic mass is 32.2. The molecule has 0 spiro atoms. The zero-order valence-corrected chi connectivity index (χ0v) is 18.9. The van der Waals surface area contributed by atoms with Crippen LogP contribution in [0.5, 0.6) is 0 Å². The number of nitrogens with zero attached hydrogens (tertiary/aromatic N) is 5. The third-order valence-corrected chi connectivity index (χ3v) is 7.36. The molecule has 0 bridgehead atoms. The molecule has 1 aliphatic carbocycles. The average molecular weight is 463 g/mol. The van der Waals surface area contributed by atoms with E-state index in [1.807, 2.05) is 18.5 Å². The summed E-state index contributed by atoms with van der Waals surface area (Å²) in [6, 6.07) is 8.54. The Morgan fingerprint density at radius 2 is 1.94 bits per heavy atom. The van der Waals surface area contributed by atoms with Gasteiger partial charge in [0, 0.05) is 32.8 Å². The van der Waals surface area contributed by atoms with Gasteiger partial charge in [0.25, 0.3) is 0 Å². The molecule has 1 saturated carbocycles. The molecule has 1 fully saturated rings. The van der Waals surface area contributed by atoms with Crippen LogP contribution in [0.3, 0.4) is 0 Å². The Bertz CT molecular complexity index is 1380. The summed E-state index contributed by atoms with van der Waals surface area (Å²) in [5, 5.41) is 28.4. The number of aromatic nitrogens is 4. The first-order chi connectivity index (χ1) is 15.9. The molecule has 1 aliphatic rings. The second kappa shape index (κ2) is 8.54. The number of fused-ring (bicyclic) bond motifs is 1. The molecule has 0 aliphatic heterocycles. The summed E-state index contributed by atoms with van der Waals surface area (Å²) in [5.41, 5.74) is 10.7. The minimum absolute atomic E-state index is 0.214. The molecule has 3 heterocycles. The second-order valence-corrected chi connectivity index (χ2v) is 9.47. The molecular formula is C24H23FN6OS. The third kappa shape index (κ3) is 3.96. The van der Waals surface area contributed by atoms with Crippen LogP contribution in [-0.4, -0.2) is 30.6 Å². The molecule has 3 N–H and O–H groups in total. The molecule has 0 radical (unpaired) electrons. The number of halogens is 1. The number of aliphatic hydroxyl groups excluding tert-OH is 1. The van der Waals surface area contributed by atoms with Crippen LogP contribution in [0.1, 0.15) is 43.0 Å². The van der Waals surface area contributed by atoms with Crippen molar-refractivity contribution < 1.29 is 9.50 Å². The number of nitrogens with two attached hydrogens (primary N) is 1. The molecule has 0 unspecified atom stereocenters. The number of nitrogen functional groups attached to an aromatic ring is 1. The Labute approximate surface area is 194 Å². The van der Waals surface area contributed by atoms with E-state index >= 15 is 0 Å². The average Bonchev–Trinajstić information content (AvgIpc) is 3.38. The first-order valence-corrected chi connectivity index (χ1v) is 11.6. The molecule has 0 atom stereocenters. The number of aliphatic hydroxyl groups is 1. The summed E-state index contributed by atoms with van der Waals surface area (Å²) in [5.74, 6) is -0.447. The van der Waals surface area contributed by atoms with Gasteiger partial charge >= 0.3 is 0 Å². The van der Waals surface area contributed by atoms with E-state index < -0.39 is 5.82 Å². The van der Waals surface area contributed by atoms with Crippen molar-refractivity contribution in [3.8, 4) is 17.2 Å². The highest BCUT2D eigenvalue weighted by Crippen LogP contribution is 2.39. The molecule has 1 aromatic carbocycles. The maximum atomic E-state index is 13.6. The smallest absolute Gasteiger partial charge is 0.124 e. The first kappa shape index (κ1) is 21.5. The quantitative estimate of drug-likeness (QED) is 0.454. The first-order valence-electron chi connectivity index (χ1n) is 10.8. The molecule has 33 heavy (non-hydrogen) atoms. The number of nitriles is 1. The van der Waals surface area contributed by atoms with Gasteiger partial charge in [0.1, 0.15) is 17.4 Å². The van der Waals surface area contributed by atoms with Crippen molar-refractivity contribution in [1.29, 1.82) is 5.26 Å². The van der Waals surface area contributed by atoms with Crippen LogP contribution < -0.4 is 5.73 Å². The molecule has 0 amide bonds. The van der Waals surface area contributed by atoms with Gasteiger partial charge in [-0.25, -0.2) is 8.91 Å². The topological polar surface area (TPSA) is 105 Å². The van der Waals surface area contributed by atoms with Gasteiger partial charge in [0.05, 0.1) is 35.8 Å². The normalized spacial score (nSPS) is 18.5. The molecule has 0 saturated heterocycles. The van der Waals surface area contributed by atoms with Crippen LogP contribution in [0.25, 0.3) is 16.6 Å². The molecule has 4 aromatic rings. The van der Waals surface area contributed by atoms with E-state index in [1.54, 1.807) is 16.8 Å². The van der Waals surface area contributed by atoms with E-state index in [0.29, 0.717) is 10.6 Å². The van der Waals surface area contributed by atoms with Crippen LogP contribution in [-0.2, 0) is 0 Å². The minimum atomic E-state index is -0.447. The highest BCUT2D eigenvalue weighted by Gasteiger charge is 2.24. The third-order valence-electron chi connectivity index (χ3n) is 6.25. The maximum Gasteiger partial charge on any atom is 0.124 e. The van der Waals surface area contributed by atoms with Gasteiger partial charge in [0.15, 0.2) is 0 Å². The van der Waals surface area contributed by atoms with Gasteiger partial charge < -0.3 is 10.8 Å². The predicted octanol–water partition coefficient (Wildman–Crippen LogP) is 4.73. The van der Waals surface area contributed by atoms with Crippen LogP contribution in [0.2, 0.25) is 0 Å². The number of rotatable bonds is 4. The van der Waals surface area contributed by atoms with Crippen molar-refractivity contribution in [3.05, 3.63) is 59.9 Å². The Balaban J connectivity index is 1.57. The monoisotopic (exact) mass is 462 g/mol. The number of benzene rings is 1. The molecule has 7 nitrogen and oxygen atoms in total. The Hall–Kier alpha value is -3.35. The molecular weight excluding hydrogens is 439 g/mol. The van der Waals surface area contributed by atoms with E-state index in [1.165, 1.54) is 23.9 Å². The summed E-state index contributed by atoms with van der Waals surface area (Å²) < 4.78 is 17.4. The summed E-state index contributed by atoms with van der Waals surface area (Å²) in [7, 11) is 0. The van der Waals surface area contributed by atoms with Crippen molar-refractivity contribution in [3.63, 3.8) is 0 Å². The maximum absolute atomic E-state index is 13.6. The summed E-state index contributed by atoms with van der Waals surface area (Å²) in [4.78, 5) is 1.46. The number of pyridine rings is 1. The predicted molar refractivity (Wildman–Crippen MR) is 124 cm³/mol. The zero-order valence-electron chi connectivity index (χ0n) is 18.1. The molecule has 5 rings (SSSR count). The Morgan fingerprint density at radius 3 is 2.70 bits per heavy atom. The molecule has 3 aromatic heterocycles. The largest absolute Gasteiger partial charge is 0.396 e. The minimum Gasteiger partial charge on any atom is -0.396 e. The van der Waals surface area contributed by atoms with Gasteiger partial charge in [-0.2, -0.15) is 15.5 Å². The van der Waals surface area contributed by atoms with Crippen molar-refractivity contribution >= 4 is 23.0 Å². The van der Waals surface area contributed by atoms with E-state index in [-0.39, 0.29) is 17.7 Å². The Morgan fingerprint density at radius 1 is 1.15 bits per heavy atom. The summed E-state index contributed by atoms with van der Waals surface area (Å²) in [6.07, 6.45) is 8.55. The van der Waals surface area contributed by atoms with E-state index in [0.717, 1.165) is 52.9 Å². The lowest BCUT2D eigenvalue weighted by atomic mass is 9.93. The lowest BCUT2D eigenvalue weighted by Crippen LogP contribution is -2.22. The highest BCUT2D eigenvalue weighted by molar-refractivity contribution is 7.99. The van der Waals surface area contributed by atoms with E-state index in [2.05, 4.69) is 27.9 Å². The van der Waals surface area contributed by atoms with Gasteiger partial charge in [-0.1, -0.05) is 11.8 Å². The van der Waals surface area contributed by atoms with Crippen LogP contribution in [0.4, 0.5) is 10.1 Å². The fraction of sp³-hybridized carbons (Fsp3) is 0.292. The fourth-order valence-electron chi connectivity index (χ4n) is 4.51. The van der Waals surface area contributed by atoms with E-state index in [9.17, 15) is 14.8 Å². The second-order valence-electron chi connectivity index (χ2n) is 8.39. The van der Waals surface area contributed by atoms with Crippen LogP contribution in [0.15, 0.2) is 52.6 Å². The lowest BCUT2D eigenvalue weighted by molar-refractivity contribution is 0.107. The van der Waals surface area contributed by atoms with Crippen molar-refractivity contribution in [2.75, 3.05) is 5.73 Å². The Kier molecular flexibility index (Phi) is 5.56. The van der Waals surface area contributed by atoms with Crippen molar-refractivity contribution in [1.82, 2.24) is 19.4 Å². The summed E-state index contributed by atoms with van der Waals surface area (Å²) >= 11 is 1.36. The molecule has 168 valence electrons. The van der Waals surface area contributed by atoms with Crippen LogP contribution >= 0.6 is 11.8 Å².